The first-order chi connectivity index (χ1) is 9.58. The van der Waals surface area contributed by atoms with Gasteiger partial charge in [-0.1, -0.05) is 26.7 Å². The first-order valence-electron chi connectivity index (χ1n) is 7.60. The zero-order valence-electron chi connectivity index (χ0n) is 12.3. The van der Waals surface area contributed by atoms with Gasteiger partial charge in [0.05, 0.1) is 0 Å². The lowest BCUT2D eigenvalue weighted by Crippen LogP contribution is -2.50. The molecular formula is C14H26O6. The molecule has 2 saturated carbocycles. The van der Waals surface area contributed by atoms with Gasteiger partial charge in [0.1, 0.15) is 0 Å². The Balaban J connectivity index is 2.04. The molecule has 2 fully saturated rings. The van der Waals surface area contributed by atoms with E-state index in [1.807, 2.05) is 13.8 Å². The third-order valence-corrected chi connectivity index (χ3v) is 4.96. The highest BCUT2D eigenvalue weighted by Crippen LogP contribution is 2.42. The summed E-state index contributed by atoms with van der Waals surface area (Å²) in [5.41, 5.74) is 0. The average molecular weight is 290 g/mol. The molecule has 0 amide bonds. The van der Waals surface area contributed by atoms with Gasteiger partial charge in [0.15, 0.2) is 0 Å². The molecule has 6 nitrogen and oxygen atoms in total. The van der Waals surface area contributed by atoms with E-state index in [1.54, 1.807) is 0 Å². The SMILES string of the molecule is CC1CCCCC1(OO)OOC1(OO)CCCCC1C. The number of hydrogen-bond acceptors (Lipinski definition) is 6. The van der Waals surface area contributed by atoms with Crippen molar-refractivity contribution in [2.75, 3.05) is 0 Å². The Morgan fingerprint density at radius 2 is 1.15 bits per heavy atom. The standard InChI is InChI=1S/C14H26O6/c1-11-7-3-5-9-13(11,17-15)19-20-14(18-16)10-6-4-8-12(14)2/h11-12,15-16H,3-10H2,1-2H3. The van der Waals surface area contributed by atoms with Crippen molar-refractivity contribution in [2.45, 2.75) is 76.8 Å². The van der Waals surface area contributed by atoms with Crippen LogP contribution in [0.5, 0.6) is 0 Å². The van der Waals surface area contributed by atoms with E-state index in [0.29, 0.717) is 12.8 Å². The molecule has 2 rings (SSSR count). The smallest absolute Gasteiger partial charge is 0.236 e. The van der Waals surface area contributed by atoms with Crippen molar-refractivity contribution in [3.05, 3.63) is 0 Å². The first-order valence-corrected chi connectivity index (χ1v) is 7.60. The van der Waals surface area contributed by atoms with E-state index < -0.39 is 11.6 Å². The average Bonchev–Trinajstić information content (AvgIpc) is 2.48. The third kappa shape index (κ3) is 3.00. The molecular weight excluding hydrogens is 264 g/mol. The van der Waals surface area contributed by atoms with E-state index in [-0.39, 0.29) is 11.8 Å². The zero-order valence-corrected chi connectivity index (χ0v) is 12.3. The Morgan fingerprint density at radius 3 is 1.45 bits per heavy atom. The zero-order chi connectivity index (χ0) is 14.6. The molecule has 0 heterocycles. The summed E-state index contributed by atoms with van der Waals surface area (Å²) < 4.78 is 0. The minimum atomic E-state index is -1.17. The summed E-state index contributed by atoms with van der Waals surface area (Å²) in [6, 6.07) is 0. The second-order valence-corrected chi connectivity index (χ2v) is 6.27. The van der Waals surface area contributed by atoms with Crippen LogP contribution in [0.3, 0.4) is 0 Å². The normalized spacial score (nSPS) is 42.6. The quantitative estimate of drug-likeness (QED) is 0.456. The summed E-state index contributed by atoms with van der Waals surface area (Å²) in [5, 5.41) is 18.5. The van der Waals surface area contributed by atoms with Crippen molar-refractivity contribution in [1.29, 1.82) is 0 Å². The molecule has 2 aliphatic carbocycles. The highest BCUT2D eigenvalue weighted by molar-refractivity contribution is 4.82. The molecule has 0 spiro atoms. The highest BCUT2D eigenvalue weighted by Gasteiger charge is 2.49. The molecule has 0 aliphatic heterocycles. The fourth-order valence-corrected chi connectivity index (χ4v) is 3.27. The van der Waals surface area contributed by atoms with Crippen molar-refractivity contribution < 1.29 is 30.1 Å². The molecule has 0 saturated heterocycles. The Kier molecular flexibility index (Phi) is 5.39. The molecule has 2 aliphatic rings. The lowest BCUT2D eigenvalue weighted by atomic mass is 9.84. The molecule has 118 valence electrons. The van der Waals surface area contributed by atoms with Gasteiger partial charge in [0.25, 0.3) is 0 Å². The minimum Gasteiger partial charge on any atom is -0.249 e. The molecule has 0 bridgehead atoms. The van der Waals surface area contributed by atoms with Crippen LogP contribution in [-0.4, -0.2) is 22.1 Å². The molecule has 0 radical (unpaired) electrons. The van der Waals surface area contributed by atoms with E-state index in [1.165, 1.54) is 0 Å². The Labute approximate surface area is 119 Å². The van der Waals surface area contributed by atoms with E-state index >= 15 is 0 Å². The van der Waals surface area contributed by atoms with Gasteiger partial charge >= 0.3 is 0 Å². The number of rotatable bonds is 5. The molecule has 0 aromatic carbocycles. The van der Waals surface area contributed by atoms with Crippen LogP contribution in [0.15, 0.2) is 0 Å². The van der Waals surface area contributed by atoms with Crippen molar-refractivity contribution in [2.24, 2.45) is 11.8 Å². The molecule has 4 unspecified atom stereocenters. The van der Waals surface area contributed by atoms with Gasteiger partial charge in [-0.2, -0.15) is 9.78 Å². The summed E-state index contributed by atoms with van der Waals surface area (Å²) in [5.74, 6) is -2.31. The van der Waals surface area contributed by atoms with Gasteiger partial charge in [-0.3, -0.25) is 0 Å². The fraction of sp³-hybridized carbons (Fsp3) is 1.00. The monoisotopic (exact) mass is 290 g/mol. The first kappa shape index (κ1) is 16.1. The maximum Gasteiger partial charge on any atom is 0.236 e. The van der Waals surface area contributed by atoms with Gasteiger partial charge in [-0.05, 0) is 25.7 Å². The summed E-state index contributed by atoms with van der Waals surface area (Å²) in [4.78, 5) is 20.2. The van der Waals surface area contributed by atoms with Crippen molar-refractivity contribution in [3.8, 4) is 0 Å². The Hall–Kier alpha value is -0.240. The van der Waals surface area contributed by atoms with Gasteiger partial charge in [0, 0.05) is 24.7 Å². The van der Waals surface area contributed by atoms with E-state index in [2.05, 4.69) is 9.78 Å². The lowest BCUT2D eigenvalue weighted by molar-refractivity contribution is -0.589. The fourth-order valence-electron chi connectivity index (χ4n) is 3.27. The van der Waals surface area contributed by atoms with Crippen LogP contribution in [0.2, 0.25) is 0 Å². The van der Waals surface area contributed by atoms with Crippen LogP contribution in [0.4, 0.5) is 0 Å². The molecule has 2 N–H and O–H groups in total. The van der Waals surface area contributed by atoms with Gasteiger partial charge < -0.3 is 0 Å². The van der Waals surface area contributed by atoms with Crippen LogP contribution in [0, 0.1) is 11.8 Å². The number of hydrogen-bond donors (Lipinski definition) is 2. The maximum atomic E-state index is 9.26. The molecule has 20 heavy (non-hydrogen) atoms. The lowest BCUT2D eigenvalue weighted by Gasteiger charge is -2.43. The van der Waals surface area contributed by atoms with Gasteiger partial charge in [0.2, 0.25) is 11.6 Å². The van der Waals surface area contributed by atoms with E-state index in [9.17, 15) is 10.5 Å². The van der Waals surface area contributed by atoms with Gasteiger partial charge in [-0.25, -0.2) is 20.3 Å². The molecule has 0 aromatic heterocycles. The van der Waals surface area contributed by atoms with Crippen molar-refractivity contribution >= 4 is 0 Å². The predicted octanol–water partition coefficient (Wildman–Crippen LogP) is 3.73. The summed E-state index contributed by atoms with van der Waals surface area (Å²) in [6.45, 7) is 3.91. The highest BCUT2D eigenvalue weighted by atomic mass is 17.3. The molecule has 4 atom stereocenters. The predicted molar refractivity (Wildman–Crippen MR) is 70.3 cm³/mol. The van der Waals surface area contributed by atoms with Crippen molar-refractivity contribution in [1.82, 2.24) is 0 Å². The minimum absolute atomic E-state index is 0.0101. The second kappa shape index (κ2) is 6.68. The van der Waals surface area contributed by atoms with Crippen LogP contribution in [-0.2, 0) is 19.6 Å². The van der Waals surface area contributed by atoms with Crippen molar-refractivity contribution in [3.63, 3.8) is 0 Å². The molecule has 0 aromatic rings. The maximum absolute atomic E-state index is 9.26. The van der Waals surface area contributed by atoms with E-state index in [4.69, 9.17) is 9.78 Å². The van der Waals surface area contributed by atoms with Gasteiger partial charge in [-0.15, -0.1) is 0 Å². The van der Waals surface area contributed by atoms with Crippen LogP contribution >= 0.6 is 0 Å². The van der Waals surface area contributed by atoms with Crippen LogP contribution < -0.4 is 0 Å². The summed E-state index contributed by atoms with van der Waals surface area (Å²) >= 11 is 0. The summed E-state index contributed by atoms with van der Waals surface area (Å²) in [7, 11) is 0. The molecule has 6 heteroatoms. The second-order valence-electron chi connectivity index (χ2n) is 6.27. The largest absolute Gasteiger partial charge is 0.249 e. The topological polar surface area (TPSA) is 77.4 Å². The van der Waals surface area contributed by atoms with Crippen LogP contribution in [0.1, 0.15) is 65.2 Å². The third-order valence-electron chi connectivity index (χ3n) is 4.96. The van der Waals surface area contributed by atoms with E-state index in [0.717, 1.165) is 38.5 Å². The van der Waals surface area contributed by atoms with Crippen LogP contribution in [0.25, 0.3) is 0 Å². The Bertz CT molecular complexity index is 282. The summed E-state index contributed by atoms with van der Waals surface area (Å²) in [6.07, 6.45) is 6.86. The Morgan fingerprint density at radius 1 is 0.750 bits per heavy atom.